The van der Waals surface area contributed by atoms with Gasteiger partial charge in [0, 0.05) is 6.42 Å². The van der Waals surface area contributed by atoms with Gasteiger partial charge in [0.1, 0.15) is 48.8 Å². The van der Waals surface area contributed by atoms with Crippen LogP contribution in [-0.4, -0.2) is 140 Å². The topological polar surface area (TPSA) is 228 Å². The predicted molar refractivity (Wildman–Crippen MR) is 249 cm³/mol. The van der Waals surface area contributed by atoms with Crippen molar-refractivity contribution >= 4 is 5.91 Å². The average Bonchev–Trinajstić information content (AvgIpc) is 3.29. The number of carbonyl (C=O) groups is 1. The van der Waals surface area contributed by atoms with Gasteiger partial charge in [-0.2, -0.15) is 0 Å². The van der Waals surface area contributed by atoms with Crippen molar-refractivity contribution in [2.75, 3.05) is 19.8 Å². The Morgan fingerprint density at radius 1 is 0.562 bits per heavy atom. The molecule has 0 aromatic rings. The van der Waals surface area contributed by atoms with Gasteiger partial charge in [0.2, 0.25) is 5.91 Å². The van der Waals surface area contributed by atoms with Crippen LogP contribution < -0.4 is 5.32 Å². The maximum Gasteiger partial charge on any atom is 0.220 e. The maximum absolute atomic E-state index is 13.0. The summed E-state index contributed by atoms with van der Waals surface area (Å²) in [6, 6.07) is -0.822. The lowest BCUT2D eigenvalue weighted by Crippen LogP contribution is -2.65. The molecule has 12 atom stereocenters. The second-order valence-electron chi connectivity index (χ2n) is 18.3. The number of rotatable bonds is 39. The highest BCUT2D eigenvalue weighted by molar-refractivity contribution is 5.76. The minimum Gasteiger partial charge on any atom is -0.394 e. The molecule has 2 heterocycles. The van der Waals surface area contributed by atoms with Crippen molar-refractivity contribution < 1.29 is 64.6 Å². The van der Waals surface area contributed by atoms with Gasteiger partial charge in [-0.1, -0.05) is 167 Å². The number of ether oxygens (including phenoxy) is 4. The Kier molecular flexibility index (Phi) is 34.3. The van der Waals surface area contributed by atoms with Crippen molar-refractivity contribution in [3.8, 4) is 0 Å². The fourth-order valence-corrected chi connectivity index (χ4v) is 8.44. The molecule has 12 unspecified atom stereocenters. The Labute approximate surface area is 386 Å². The molecular formula is C50H93NO13. The van der Waals surface area contributed by atoms with Crippen LogP contribution in [0.4, 0.5) is 0 Å². The molecule has 0 aromatic carbocycles. The van der Waals surface area contributed by atoms with Gasteiger partial charge in [0.25, 0.3) is 0 Å². The predicted octanol–water partition coefficient (Wildman–Crippen LogP) is 6.55. The second-order valence-corrected chi connectivity index (χ2v) is 18.3. The molecule has 2 aliphatic rings. The van der Waals surface area contributed by atoms with E-state index in [1.165, 1.54) is 116 Å². The molecule has 2 rings (SSSR count). The molecule has 2 saturated heterocycles. The molecule has 64 heavy (non-hydrogen) atoms. The van der Waals surface area contributed by atoms with Crippen LogP contribution in [0.25, 0.3) is 0 Å². The largest absolute Gasteiger partial charge is 0.394 e. The quantitative estimate of drug-likeness (QED) is 0.0236. The second kappa shape index (κ2) is 37.5. The summed E-state index contributed by atoms with van der Waals surface area (Å²) in [7, 11) is 0. The van der Waals surface area contributed by atoms with Crippen LogP contribution >= 0.6 is 0 Å². The summed E-state index contributed by atoms with van der Waals surface area (Å²) < 4.78 is 22.5. The summed E-state index contributed by atoms with van der Waals surface area (Å²) in [5.74, 6) is -0.218. The molecule has 14 nitrogen and oxygen atoms in total. The molecule has 2 fully saturated rings. The van der Waals surface area contributed by atoms with E-state index in [0.717, 1.165) is 51.4 Å². The first-order valence-corrected chi connectivity index (χ1v) is 25.6. The molecule has 0 radical (unpaired) electrons. The molecule has 0 bridgehead atoms. The summed E-state index contributed by atoms with van der Waals surface area (Å²) in [5.41, 5.74) is 0. The summed E-state index contributed by atoms with van der Waals surface area (Å²) in [6.45, 7) is 2.66. The Bertz CT molecular complexity index is 1170. The highest BCUT2D eigenvalue weighted by Gasteiger charge is 2.51. The first-order chi connectivity index (χ1) is 31.1. The van der Waals surface area contributed by atoms with E-state index in [2.05, 4.69) is 43.5 Å². The number of aliphatic hydroxyl groups excluding tert-OH is 8. The van der Waals surface area contributed by atoms with Crippen molar-refractivity contribution in [2.45, 2.75) is 267 Å². The molecule has 1 amide bonds. The van der Waals surface area contributed by atoms with Crippen molar-refractivity contribution in [2.24, 2.45) is 0 Å². The van der Waals surface area contributed by atoms with Gasteiger partial charge in [0.05, 0.1) is 32.0 Å². The fraction of sp³-hybridized carbons (Fsp3) is 0.900. The lowest BCUT2D eigenvalue weighted by Gasteiger charge is -2.46. The first kappa shape index (κ1) is 58.6. The van der Waals surface area contributed by atoms with E-state index in [4.69, 9.17) is 18.9 Å². The van der Waals surface area contributed by atoms with E-state index >= 15 is 0 Å². The van der Waals surface area contributed by atoms with Crippen molar-refractivity contribution in [3.05, 3.63) is 24.3 Å². The van der Waals surface area contributed by atoms with Gasteiger partial charge in [-0.15, -0.1) is 0 Å². The van der Waals surface area contributed by atoms with Crippen molar-refractivity contribution in [3.63, 3.8) is 0 Å². The van der Waals surface area contributed by atoms with Crippen LogP contribution in [0.5, 0.6) is 0 Å². The third-order valence-corrected chi connectivity index (χ3v) is 12.7. The van der Waals surface area contributed by atoms with Crippen LogP contribution in [-0.2, 0) is 23.7 Å². The highest BCUT2D eigenvalue weighted by Crippen LogP contribution is 2.30. The molecule has 0 aromatic heterocycles. The van der Waals surface area contributed by atoms with Gasteiger partial charge in [-0.25, -0.2) is 0 Å². The molecule has 0 aliphatic carbocycles. The smallest absolute Gasteiger partial charge is 0.220 e. The zero-order valence-corrected chi connectivity index (χ0v) is 39.8. The number of amides is 1. The summed E-state index contributed by atoms with van der Waals surface area (Å²) in [5, 5.41) is 86.0. The number of hydrogen-bond acceptors (Lipinski definition) is 13. The Morgan fingerprint density at radius 2 is 1.03 bits per heavy atom. The number of hydrogen-bond donors (Lipinski definition) is 9. The van der Waals surface area contributed by atoms with E-state index in [0.29, 0.717) is 12.8 Å². The van der Waals surface area contributed by atoms with Gasteiger partial charge in [-0.3, -0.25) is 4.79 Å². The third kappa shape index (κ3) is 24.5. The van der Waals surface area contributed by atoms with Gasteiger partial charge in [0.15, 0.2) is 12.6 Å². The van der Waals surface area contributed by atoms with Crippen LogP contribution in [0, 0.1) is 0 Å². The van der Waals surface area contributed by atoms with Gasteiger partial charge in [-0.05, 0) is 44.9 Å². The minimum atomic E-state index is -1.78. The fourth-order valence-electron chi connectivity index (χ4n) is 8.44. The van der Waals surface area contributed by atoms with Crippen molar-refractivity contribution in [1.29, 1.82) is 0 Å². The summed E-state index contributed by atoms with van der Waals surface area (Å²) >= 11 is 0. The van der Waals surface area contributed by atoms with E-state index in [1.54, 1.807) is 0 Å². The SMILES string of the molecule is CCCCCCC/C=C\C/C=C\CCCCCCCCCCCCCCCCCC(=O)NC(COC1OC(CO)C(OC2OC(CO)C(O)C(O)C2O)C(O)C1O)C(O)CCCCC. The van der Waals surface area contributed by atoms with Crippen molar-refractivity contribution in [1.82, 2.24) is 5.32 Å². The summed E-state index contributed by atoms with van der Waals surface area (Å²) in [6.07, 6.45) is 24.5. The Hall–Kier alpha value is -1.53. The molecule has 0 spiro atoms. The molecule has 9 N–H and O–H groups in total. The molecule has 2 aliphatic heterocycles. The zero-order valence-electron chi connectivity index (χ0n) is 39.8. The normalized spacial score (nSPS) is 27.4. The van der Waals surface area contributed by atoms with E-state index in [1.807, 2.05) is 0 Å². The average molecular weight is 916 g/mol. The number of nitrogens with one attached hydrogen (secondary N) is 1. The lowest BCUT2D eigenvalue weighted by atomic mass is 9.97. The molecule has 14 heteroatoms. The molecular weight excluding hydrogens is 823 g/mol. The van der Waals surface area contributed by atoms with Crippen LogP contribution in [0.15, 0.2) is 24.3 Å². The molecule has 0 saturated carbocycles. The van der Waals surface area contributed by atoms with E-state index in [-0.39, 0.29) is 12.5 Å². The Balaban J connectivity index is 1.58. The number of carbonyl (C=O) groups excluding carboxylic acids is 1. The van der Waals surface area contributed by atoms with Crippen LogP contribution in [0.3, 0.4) is 0 Å². The lowest BCUT2D eigenvalue weighted by molar-refractivity contribution is -0.359. The van der Waals surface area contributed by atoms with E-state index in [9.17, 15) is 45.6 Å². The van der Waals surface area contributed by atoms with Gasteiger partial charge < -0.3 is 65.1 Å². The number of unbranched alkanes of at least 4 members (excludes halogenated alkanes) is 22. The standard InChI is InChI=1S/C50H93NO13/c1-3-5-7-8-9-10-11-12-13-14-15-16-17-18-19-20-21-22-23-24-25-26-27-28-29-30-32-34-42(55)51-38(39(54)33-31-6-4-2)37-61-49-47(60)45(58)48(41(36-53)63-49)64-50-46(59)44(57)43(56)40(35-52)62-50/h11-12,14-15,38-41,43-50,52-54,56-60H,3-10,13,16-37H2,1-2H3,(H,51,55)/b12-11-,15-14-. The maximum atomic E-state index is 13.0. The first-order valence-electron chi connectivity index (χ1n) is 25.6. The summed E-state index contributed by atoms with van der Waals surface area (Å²) in [4.78, 5) is 13.0. The number of aliphatic hydroxyl groups is 8. The van der Waals surface area contributed by atoms with Gasteiger partial charge >= 0.3 is 0 Å². The van der Waals surface area contributed by atoms with Crippen LogP contribution in [0.2, 0.25) is 0 Å². The zero-order chi connectivity index (χ0) is 46.8. The third-order valence-electron chi connectivity index (χ3n) is 12.7. The number of allylic oxidation sites excluding steroid dienone is 4. The van der Waals surface area contributed by atoms with Crippen LogP contribution in [0.1, 0.15) is 194 Å². The highest BCUT2D eigenvalue weighted by atomic mass is 16.7. The minimum absolute atomic E-state index is 0.218. The molecule has 376 valence electrons. The van der Waals surface area contributed by atoms with E-state index < -0.39 is 86.8 Å². The Morgan fingerprint density at radius 3 is 1.56 bits per heavy atom. The monoisotopic (exact) mass is 916 g/mol.